The molecule has 0 saturated carbocycles. The topological polar surface area (TPSA) is 26.7 Å². The van der Waals surface area contributed by atoms with Gasteiger partial charge in [0.15, 0.2) is 0 Å². The molecular formula is C16H26N2O. The summed E-state index contributed by atoms with van der Waals surface area (Å²) >= 11 is 0. The number of piperazine rings is 1. The predicted octanol–water partition coefficient (Wildman–Crippen LogP) is 2.87. The molecule has 1 fully saturated rings. The van der Waals surface area contributed by atoms with Crippen LogP contribution in [0.25, 0.3) is 0 Å². The zero-order chi connectivity index (χ0) is 14.0. The van der Waals surface area contributed by atoms with Crippen LogP contribution in [0.5, 0.6) is 5.75 Å². The van der Waals surface area contributed by atoms with Gasteiger partial charge >= 0.3 is 0 Å². The third kappa shape index (κ3) is 3.28. The van der Waals surface area contributed by atoms with Crippen molar-refractivity contribution in [2.75, 3.05) is 26.2 Å². The molecule has 1 aromatic carbocycles. The zero-order valence-corrected chi connectivity index (χ0v) is 12.6. The van der Waals surface area contributed by atoms with Gasteiger partial charge in [-0.05, 0) is 33.8 Å². The summed E-state index contributed by atoms with van der Waals surface area (Å²) in [6.07, 6.45) is 0. The molecule has 0 aromatic heterocycles. The number of nitrogens with zero attached hydrogens (tertiary/aromatic N) is 2. The first-order valence-electron chi connectivity index (χ1n) is 7.16. The maximum atomic E-state index is 9.96. The van der Waals surface area contributed by atoms with E-state index < -0.39 is 0 Å². The Kier molecular flexibility index (Phi) is 4.16. The SMILES string of the molecule is CC(c1ccccc1O)N1CCN(C(C)(C)C)CC1. The van der Waals surface area contributed by atoms with E-state index in [4.69, 9.17) is 0 Å². The standard InChI is InChI=1S/C16H26N2O/c1-13(14-7-5-6-8-15(14)19)17-9-11-18(12-10-17)16(2,3)4/h5-8,13,19H,9-12H2,1-4H3. The predicted molar refractivity (Wildman–Crippen MR) is 79.4 cm³/mol. The van der Waals surface area contributed by atoms with Crippen LogP contribution in [-0.4, -0.2) is 46.6 Å². The lowest BCUT2D eigenvalue weighted by Gasteiger charge is -2.44. The second kappa shape index (κ2) is 5.51. The average Bonchev–Trinajstić information content (AvgIpc) is 2.38. The van der Waals surface area contributed by atoms with Gasteiger partial charge in [0.25, 0.3) is 0 Å². The van der Waals surface area contributed by atoms with E-state index in [1.54, 1.807) is 6.07 Å². The minimum absolute atomic E-state index is 0.254. The molecule has 0 spiro atoms. The van der Waals surface area contributed by atoms with E-state index in [1.165, 1.54) is 0 Å². The van der Waals surface area contributed by atoms with Crippen molar-refractivity contribution in [3.05, 3.63) is 29.8 Å². The number of phenolic OH excluding ortho intramolecular Hbond substituents is 1. The molecule has 0 aliphatic carbocycles. The first-order chi connectivity index (χ1) is 8.89. The van der Waals surface area contributed by atoms with Gasteiger partial charge in [-0.3, -0.25) is 9.80 Å². The Bertz CT molecular complexity index is 417. The lowest BCUT2D eigenvalue weighted by atomic mass is 10.0. The van der Waals surface area contributed by atoms with Gasteiger partial charge in [0, 0.05) is 43.3 Å². The van der Waals surface area contributed by atoms with Crippen LogP contribution in [0.15, 0.2) is 24.3 Å². The van der Waals surface area contributed by atoms with Crippen LogP contribution in [0.4, 0.5) is 0 Å². The van der Waals surface area contributed by atoms with E-state index >= 15 is 0 Å². The lowest BCUT2D eigenvalue weighted by molar-refractivity contribution is 0.0449. The molecule has 3 heteroatoms. The number of rotatable bonds is 2. The molecule has 0 bridgehead atoms. The van der Waals surface area contributed by atoms with Crippen LogP contribution < -0.4 is 0 Å². The summed E-state index contributed by atoms with van der Waals surface area (Å²) in [6, 6.07) is 7.95. The minimum atomic E-state index is 0.254. The van der Waals surface area contributed by atoms with Gasteiger partial charge < -0.3 is 5.11 Å². The van der Waals surface area contributed by atoms with Crippen molar-refractivity contribution < 1.29 is 5.11 Å². The van der Waals surface area contributed by atoms with Crippen molar-refractivity contribution >= 4 is 0 Å². The maximum absolute atomic E-state index is 9.96. The molecule has 1 N–H and O–H groups in total. The van der Waals surface area contributed by atoms with E-state index in [2.05, 4.69) is 37.5 Å². The summed E-state index contributed by atoms with van der Waals surface area (Å²) < 4.78 is 0. The highest BCUT2D eigenvalue weighted by Crippen LogP contribution is 2.29. The molecule has 3 nitrogen and oxygen atoms in total. The monoisotopic (exact) mass is 262 g/mol. The number of aromatic hydroxyl groups is 1. The first kappa shape index (κ1) is 14.4. The Hall–Kier alpha value is -1.06. The lowest BCUT2D eigenvalue weighted by Crippen LogP contribution is -2.53. The van der Waals surface area contributed by atoms with Crippen molar-refractivity contribution in [2.45, 2.75) is 39.3 Å². The van der Waals surface area contributed by atoms with Crippen LogP contribution in [0.2, 0.25) is 0 Å². The molecule has 1 saturated heterocycles. The smallest absolute Gasteiger partial charge is 0.120 e. The van der Waals surface area contributed by atoms with E-state index in [9.17, 15) is 5.11 Å². The molecule has 0 radical (unpaired) electrons. The Morgan fingerprint density at radius 1 is 1.05 bits per heavy atom. The molecule has 1 unspecified atom stereocenters. The van der Waals surface area contributed by atoms with Crippen molar-refractivity contribution in [1.29, 1.82) is 0 Å². The molecule has 1 aliphatic heterocycles. The normalized spacial score (nSPS) is 20.4. The molecule has 2 rings (SSSR count). The van der Waals surface area contributed by atoms with E-state index in [-0.39, 0.29) is 11.6 Å². The largest absolute Gasteiger partial charge is 0.508 e. The second-order valence-electron chi connectivity index (χ2n) is 6.43. The summed E-state index contributed by atoms with van der Waals surface area (Å²) in [5.74, 6) is 0.410. The fourth-order valence-electron chi connectivity index (χ4n) is 2.82. The van der Waals surface area contributed by atoms with Crippen LogP contribution in [0.1, 0.15) is 39.3 Å². The fourth-order valence-corrected chi connectivity index (χ4v) is 2.82. The minimum Gasteiger partial charge on any atom is -0.508 e. The van der Waals surface area contributed by atoms with Crippen molar-refractivity contribution in [3.63, 3.8) is 0 Å². The summed E-state index contributed by atoms with van der Waals surface area (Å²) in [5, 5.41) is 9.96. The number of para-hydroxylation sites is 1. The molecule has 1 heterocycles. The van der Waals surface area contributed by atoms with E-state index in [0.717, 1.165) is 31.7 Å². The van der Waals surface area contributed by atoms with Crippen LogP contribution in [-0.2, 0) is 0 Å². The highest BCUT2D eigenvalue weighted by Gasteiger charge is 2.28. The van der Waals surface area contributed by atoms with Gasteiger partial charge in [-0.2, -0.15) is 0 Å². The summed E-state index contributed by atoms with van der Waals surface area (Å²) in [4.78, 5) is 4.98. The molecule has 1 atom stereocenters. The van der Waals surface area contributed by atoms with Crippen molar-refractivity contribution in [1.82, 2.24) is 9.80 Å². The summed E-state index contributed by atoms with van der Waals surface area (Å²) in [5.41, 5.74) is 1.29. The second-order valence-corrected chi connectivity index (χ2v) is 6.43. The molecule has 106 valence electrons. The zero-order valence-electron chi connectivity index (χ0n) is 12.6. The van der Waals surface area contributed by atoms with Crippen LogP contribution in [0, 0.1) is 0 Å². The molecule has 1 aromatic rings. The van der Waals surface area contributed by atoms with Gasteiger partial charge in [-0.15, -0.1) is 0 Å². The fraction of sp³-hybridized carbons (Fsp3) is 0.625. The molecule has 1 aliphatic rings. The Labute approximate surface area is 116 Å². The summed E-state index contributed by atoms with van der Waals surface area (Å²) in [6.45, 7) is 13.3. The van der Waals surface area contributed by atoms with Gasteiger partial charge in [0.2, 0.25) is 0 Å². The number of phenols is 1. The van der Waals surface area contributed by atoms with Crippen LogP contribution in [0.3, 0.4) is 0 Å². The molecule has 0 amide bonds. The highest BCUT2D eigenvalue weighted by atomic mass is 16.3. The maximum Gasteiger partial charge on any atom is 0.120 e. The molecular weight excluding hydrogens is 236 g/mol. The van der Waals surface area contributed by atoms with Crippen LogP contribution >= 0.6 is 0 Å². The van der Waals surface area contributed by atoms with E-state index in [1.807, 2.05) is 18.2 Å². The first-order valence-corrected chi connectivity index (χ1v) is 7.16. The molecule has 19 heavy (non-hydrogen) atoms. The van der Waals surface area contributed by atoms with Crippen molar-refractivity contribution in [2.24, 2.45) is 0 Å². The van der Waals surface area contributed by atoms with Gasteiger partial charge in [-0.1, -0.05) is 18.2 Å². The quantitative estimate of drug-likeness (QED) is 0.888. The average molecular weight is 262 g/mol. The van der Waals surface area contributed by atoms with E-state index in [0.29, 0.717) is 5.75 Å². The van der Waals surface area contributed by atoms with Gasteiger partial charge in [0.05, 0.1) is 0 Å². The number of hydrogen-bond donors (Lipinski definition) is 1. The van der Waals surface area contributed by atoms with Gasteiger partial charge in [-0.25, -0.2) is 0 Å². The number of hydrogen-bond acceptors (Lipinski definition) is 3. The van der Waals surface area contributed by atoms with Crippen molar-refractivity contribution in [3.8, 4) is 5.75 Å². The third-order valence-electron chi connectivity index (χ3n) is 4.20. The third-order valence-corrected chi connectivity index (χ3v) is 4.20. The summed E-state index contributed by atoms with van der Waals surface area (Å²) in [7, 11) is 0. The Morgan fingerprint density at radius 3 is 2.16 bits per heavy atom. The Balaban J connectivity index is 2.00. The highest BCUT2D eigenvalue weighted by molar-refractivity contribution is 5.34. The van der Waals surface area contributed by atoms with Gasteiger partial charge in [0.1, 0.15) is 5.75 Å². The Morgan fingerprint density at radius 2 is 1.63 bits per heavy atom. The number of benzene rings is 1.